The molecule has 48 heavy (non-hydrogen) atoms. The molecule has 0 saturated heterocycles. The fraction of sp³-hybridized carbons (Fsp3) is 0. The lowest BCUT2D eigenvalue weighted by atomic mass is 10.0. The van der Waals surface area contributed by atoms with E-state index in [9.17, 15) is 25.9 Å². The van der Waals surface area contributed by atoms with Crippen LogP contribution < -0.4 is 11.5 Å². The number of anilines is 2. The molecular weight excluding hydrogens is 699 g/mol. The number of benzene rings is 6. The Bertz CT molecular complexity index is 2400. The van der Waals surface area contributed by atoms with Gasteiger partial charge < -0.3 is 11.5 Å². The standard InChI is InChI=1S/C32H22Cl2N6O6S2/c33-23-13-17(9-11-25(23)37-39-27-15-29(47(41,42)43)19-5-1-3-7-21(19)31(27)35)18-10-12-26(24(34)14-18)38-40-28-16-30(48(44,45)46)20-6-2-4-8-22(20)32(28)36/h1-16H,35-36H2,(H,41,42,43)(H,44,45,46). The Morgan fingerprint density at radius 1 is 0.479 bits per heavy atom. The Morgan fingerprint density at radius 2 is 0.812 bits per heavy atom. The Hall–Kier alpha value is -4.96. The van der Waals surface area contributed by atoms with E-state index < -0.39 is 20.2 Å². The monoisotopic (exact) mass is 720 g/mol. The average Bonchev–Trinajstić information content (AvgIpc) is 3.04. The van der Waals surface area contributed by atoms with Crippen molar-refractivity contribution in [2.24, 2.45) is 20.5 Å². The summed E-state index contributed by atoms with van der Waals surface area (Å²) in [6, 6.07) is 25.0. The Kier molecular flexibility index (Phi) is 8.63. The zero-order chi connectivity index (χ0) is 34.4. The van der Waals surface area contributed by atoms with E-state index in [0.29, 0.717) is 21.9 Å². The van der Waals surface area contributed by atoms with Crippen molar-refractivity contribution in [3.8, 4) is 11.1 Å². The van der Waals surface area contributed by atoms with Crippen molar-refractivity contribution in [2.75, 3.05) is 11.5 Å². The molecule has 0 amide bonds. The zero-order valence-corrected chi connectivity index (χ0v) is 27.4. The van der Waals surface area contributed by atoms with Crippen molar-refractivity contribution in [1.29, 1.82) is 0 Å². The molecule has 6 aromatic carbocycles. The summed E-state index contributed by atoms with van der Waals surface area (Å²) in [7, 11) is -9.16. The molecule has 16 heteroatoms. The Morgan fingerprint density at radius 3 is 1.15 bits per heavy atom. The van der Waals surface area contributed by atoms with Crippen molar-refractivity contribution in [2.45, 2.75) is 9.79 Å². The molecule has 0 heterocycles. The lowest BCUT2D eigenvalue weighted by molar-refractivity contribution is 0.482. The van der Waals surface area contributed by atoms with Crippen LogP contribution in [-0.4, -0.2) is 25.9 Å². The van der Waals surface area contributed by atoms with Crippen molar-refractivity contribution >= 4 is 99.1 Å². The summed E-state index contributed by atoms with van der Waals surface area (Å²) in [6.45, 7) is 0. The number of nitrogens with two attached hydrogens (primary N) is 2. The number of fused-ring (bicyclic) bond motifs is 2. The molecular formula is C32H22Cl2N6O6S2. The topological polar surface area (TPSA) is 210 Å². The highest BCUT2D eigenvalue weighted by molar-refractivity contribution is 7.86. The Balaban J connectivity index is 1.28. The summed E-state index contributed by atoms with van der Waals surface area (Å²) in [5.74, 6) is 0. The maximum atomic E-state index is 12.0. The first-order valence-corrected chi connectivity index (χ1v) is 17.4. The highest BCUT2D eigenvalue weighted by Gasteiger charge is 2.20. The predicted octanol–water partition coefficient (Wildman–Crippen LogP) is 9.46. The van der Waals surface area contributed by atoms with E-state index in [4.69, 9.17) is 34.7 Å². The number of nitrogens with zero attached hydrogens (tertiary/aromatic N) is 4. The summed E-state index contributed by atoms with van der Waals surface area (Å²) in [5, 5.41) is 18.2. The third-order valence-corrected chi connectivity index (χ3v) is 9.76. The van der Waals surface area contributed by atoms with Gasteiger partial charge >= 0.3 is 0 Å². The van der Waals surface area contributed by atoms with Crippen molar-refractivity contribution < 1.29 is 25.9 Å². The molecule has 242 valence electrons. The van der Waals surface area contributed by atoms with Crippen LogP contribution in [0.4, 0.5) is 34.1 Å². The molecule has 6 N–H and O–H groups in total. The molecule has 12 nitrogen and oxygen atoms in total. The zero-order valence-electron chi connectivity index (χ0n) is 24.3. The van der Waals surface area contributed by atoms with Crippen LogP contribution in [0, 0.1) is 0 Å². The van der Waals surface area contributed by atoms with Crippen molar-refractivity contribution in [1.82, 2.24) is 0 Å². The molecule has 0 aliphatic carbocycles. The second-order valence-electron chi connectivity index (χ2n) is 10.4. The van der Waals surface area contributed by atoms with Gasteiger partial charge in [0.15, 0.2) is 0 Å². The number of rotatable bonds is 7. The van der Waals surface area contributed by atoms with Gasteiger partial charge in [-0.15, -0.1) is 20.5 Å². The van der Waals surface area contributed by atoms with Gasteiger partial charge in [-0.2, -0.15) is 16.8 Å². The van der Waals surface area contributed by atoms with Crippen LogP contribution in [-0.2, 0) is 20.2 Å². The Labute approximate surface area is 283 Å². The lowest BCUT2D eigenvalue weighted by Crippen LogP contribution is -2.01. The highest BCUT2D eigenvalue weighted by Crippen LogP contribution is 2.40. The molecule has 0 radical (unpaired) electrons. The average molecular weight is 722 g/mol. The van der Waals surface area contributed by atoms with Crippen LogP contribution in [0.15, 0.2) is 127 Å². The molecule has 0 fully saturated rings. The molecule has 0 aliphatic heterocycles. The first kappa shape index (κ1) is 33.0. The first-order chi connectivity index (χ1) is 22.7. The molecule has 0 atom stereocenters. The van der Waals surface area contributed by atoms with Crippen LogP contribution in [0.3, 0.4) is 0 Å². The van der Waals surface area contributed by atoms with E-state index >= 15 is 0 Å². The van der Waals surface area contributed by atoms with Gasteiger partial charge in [0.25, 0.3) is 20.2 Å². The minimum absolute atomic E-state index is 0.0256. The number of nitrogen functional groups attached to an aromatic ring is 2. The fourth-order valence-corrected chi connectivity index (χ4v) is 6.91. The highest BCUT2D eigenvalue weighted by atomic mass is 35.5. The number of halogens is 2. The maximum Gasteiger partial charge on any atom is 0.295 e. The van der Waals surface area contributed by atoms with E-state index in [0.717, 1.165) is 12.1 Å². The van der Waals surface area contributed by atoms with Gasteiger partial charge in [-0.1, -0.05) is 83.9 Å². The summed E-state index contributed by atoms with van der Waals surface area (Å²) >= 11 is 13.0. The largest absolute Gasteiger partial charge is 0.396 e. The second kappa shape index (κ2) is 12.6. The van der Waals surface area contributed by atoms with Gasteiger partial charge in [0.05, 0.1) is 21.4 Å². The minimum Gasteiger partial charge on any atom is -0.396 e. The van der Waals surface area contributed by atoms with E-state index in [1.165, 1.54) is 12.1 Å². The number of hydrogen-bond acceptors (Lipinski definition) is 10. The maximum absolute atomic E-state index is 12.0. The number of hydrogen-bond donors (Lipinski definition) is 4. The normalized spacial score (nSPS) is 12.5. The summed E-state index contributed by atoms with van der Waals surface area (Å²) in [5.41, 5.74) is 14.7. The molecule has 0 bridgehead atoms. The minimum atomic E-state index is -4.58. The molecule has 0 saturated carbocycles. The van der Waals surface area contributed by atoms with Crippen molar-refractivity contribution in [3.63, 3.8) is 0 Å². The van der Waals surface area contributed by atoms with E-state index in [1.54, 1.807) is 72.8 Å². The van der Waals surface area contributed by atoms with E-state index in [-0.39, 0.29) is 64.7 Å². The first-order valence-electron chi connectivity index (χ1n) is 13.7. The second-order valence-corrected chi connectivity index (χ2v) is 14.0. The SMILES string of the molecule is Nc1c(N=Nc2ccc(-c3ccc(N=Nc4cc(S(=O)(=O)O)c5ccccc5c4N)c(Cl)c3)cc2Cl)cc(S(=O)(=O)O)c2ccccc12. The van der Waals surface area contributed by atoms with Crippen LogP contribution in [0.2, 0.25) is 10.0 Å². The number of azo groups is 2. The molecule has 0 unspecified atom stereocenters. The van der Waals surface area contributed by atoms with Crippen LogP contribution in [0.25, 0.3) is 32.7 Å². The molecule has 6 aromatic rings. The van der Waals surface area contributed by atoms with E-state index in [2.05, 4.69) is 20.5 Å². The van der Waals surface area contributed by atoms with Gasteiger partial charge in [0.1, 0.15) is 32.5 Å². The predicted molar refractivity (Wildman–Crippen MR) is 187 cm³/mol. The summed E-state index contributed by atoms with van der Waals surface area (Å²) in [4.78, 5) is -0.711. The van der Waals surface area contributed by atoms with Crippen LogP contribution in [0.1, 0.15) is 0 Å². The quantitative estimate of drug-likeness (QED) is 0.0706. The lowest BCUT2D eigenvalue weighted by Gasteiger charge is -2.10. The summed E-state index contributed by atoms with van der Waals surface area (Å²) < 4.78 is 67.6. The van der Waals surface area contributed by atoms with Crippen LogP contribution in [0.5, 0.6) is 0 Å². The van der Waals surface area contributed by atoms with Gasteiger partial charge in [0, 0.05) is 21.5 Å². The molecule has 6 rings (SSSR count). The van der Waals surface area contributed by atoms with Gasteiger partial charge in [-0.25, -0.2) is 0 Å². The molecule has 0 spiro atoms. The molecule has 0 aliphatic rings. The van der Waals surface area contributed by atoms with Gasteiger partial charge in [0.2, 0.25) is 0 Å². The third-order valence-electron chi connectivity index (χ3n) is 7.37. The molecule has 0 aromatic heterocycles. The third kappa shape index (κ3) is 6.44. The van der Waals surface area contributed by atoms with Crippen molar-refractivity contribution in [3.05, 3.63) is 107 Å². The smallest absolute Gasteiger partial charge is 0.295 e. The van der Waals surface area contributed by atoms with Gasteiger partial charge in [-0.3, -0.25) is 9.11 Å². The fourth-order valence-electron chi connectivity index (χ4n) is 5.04. The van der Waals surface area contributed by atoms with Crippen LogP contribution >= 0.6 is 23.2 Å². The summed E-state index contributed by atoms with van der Waals surface area (Å²) in [6.07, 6.45) is 0. The van der Waals surface area contributed by atoms with Gasteiger partial charge in [-0.05, 0) is 47.5 Å². The van der Waals surface area contributed by atoms with E-state index in [1.807, 2.05) is 0 Å².